The molecular formula is C22H27N9S. The Labute approximate surface area is 190 Å². The van der Waals surface area contributed by atoms with Crippen LogP contribution in [0.4, 0.5) is 11.5 Å². The quantitative estimate of drug-likeness (QED) is 0.303. The maximum atomic E-state index is 6.13. The zero-order chi connectivity index (χ0) is 22.1. The molecule has 9 nitrogen and oxygen atoms in total. The molecule has 0 amide bonds. The minimum Gasteiger partial charge on any atom is -0.384 e. The van der Waals surface area contributed by atoms with Crippen LogP contribution in [0.1, 0.15) is 19.4 Å². The SMILES string of the molecule is CC(C)CNCCn1c(Sc2cc3c(cc2-c2ccn[nH]2)NCC3)nc2c(N)ncnc21. The minimum absolute atomic E-state index is 0.401. The molecule has 0 aliphatic carbocycles. The molecule has 0 radical (unpaired) electrons. The molecule has 0 bridgehead atoms. The molecular weight excluding hydrogens is 422 g/mol. The number of hydrogen-bond acceptors (Lipinski definition) is 8. The van der Waals surface area contributed by atoms with E-state index in [0.717, 1.165) is 59.6 Å². The standard InChI is InChI=1S/C22H27N9S/c1-13(2)11-24-7-8-31-21-19(20(23)26-12-27-21)29-22(31)32-18-9-14-3-5-25-17(14)10-15(18)16-4-6-28-30-16/h4,6,9-10,12-13,24-25H,3,5,7-8,11H2,1-2H3,(H,28,30)(H2,23,26,27). The highest BCUT2D eigenvalue weighted by Gasteiger charge is 2.21. The second-order valence-corrected chi connectivity index (χ2v) is 9.34. The lowest BCUT2D eigenvalue weighted by Crippen LogP contribution is -2.24. The van der Waals surface area contributed by atoms with Crippen LogP contribution < -0.4 is 16.4 Å². The predicted molar refractivity (Wildman–Crippen MR) is 128 cm³/mol. The van der Waals surface area contributed by atoms with E-state index in [9.17, 15) is 0 Å². The van der Waals surface area contributed by atoms with Crippen LogP contribution in [0.25, 0.3) is 22.4 Å². The Morgan fingerprint density at radius 3 is 3.00 bits per heavy atom. The van der Waals surface area contributed by atoms with Crippen LogP contribution in [0, 0.1) is 5.92 Å². The third kappa shape index (κ3) is 4.03. The highest BCUT2D eigenvalue weighted by atomic mass is 32.2. The van der Waals surface area contributed by atoms with Crippen molar-refractivity contribution < 1.29 is 0 Å². The third-order valence-electron chi connectivity index (χ3n) is 5.50. The molecule has 0 fully saturated rings. The number of anilines is 2. The molecule has 4 heterocycles. The third-order valence-corrected chi connectivity index (χ3v) is 6.55. The van der Waals surface area contributed by atoms with Crippen LogP contribution >= 0.6 is 11.8 Å². The van der Waals surface area contributed by atoms with E-state index in [1.807, 2.05) is 6.07 Å². The maximum Gasteiger partial charge on any atom is 0.175 e. The molecule has 4 aromatic rings. The van der Waals surface area contributed by atoms with Gasteiger partial charge in [0.1, 0.15) is 6.33 Å². The number of aromatic nitrogens is 6. The van der Waals surface area contributed by atoms with Gasteiger partial charge in [-0.25, -0.2) is 15.0 Å². The summed E-state index contributed by atoms with van der Waals surface area (Å²) in [5.41, 5.74) is 12.1. The molecule has 0 unspecified atom stereocenters. The zero-order valence-corrected chi connectivity index (χ0v) is 19.0. The first-order chi connectivity index (χ1) is 15.6. The van der Waals surface area contributed by atoms with Gasteiger partial charge in [0.25, 0.3) is 0 Å². The van der Waals surface area contributed by atoms with Crippen LogP contribution in [0.2, 0.25) is 0 Å². The average molecular weight is 450 g/mol. The van der Waals surface area contributed by atoms with Crippen molar-refractivity contribution in [1.29, 1.82) is 0 Å². The van der Waals surface area contributed by atoms with Crippen molar-refractivity contribution in [2.45, 2.75) is 36.9 Å². The topological polar surface area (TPSA) is 122 Å². The lowest BCUT2D eigenvalue weighted by Gasteiger charge is -2.13. The number of nitrogen functional groups attached to an aromatic ring is 1. The fraction of sp³-hybridized carbons (Fsp3) is 0.364. The maximum absolute atomic E-state index is 6.13. The number of nitrogens with two attached hydrogens (primary N) is 1. The van der Waals surface area contributed by atoms with Crippen molar-refractivity contribution in [3.63, 3.8) is 0 Å². The summed E-state index contributed by atoms with van der Waals surface area (Å²) in [4.78, 5) is 14.6. The van der Waals surface area contributed by atoms with Crippen molar-refractivity contribution in [2.24, 2.45) is 5.92 Å². The predicted octanol–water partition coefficient (Wildman–Crippen LogP) is 3.16. The Morgan fingerprint density at radius 2 is 2.19 bits per heavy atom. The number of rotatable bonds is 8. The van der Waals surface area contributed by atoms with Gasteiger partial charge in [-0.1, -0.05) is 25.6 Å². The molecule has 0 saturated carbocycles. The van der Waals surface area contributed by atoms with Gasteiger partial charge < -0.3 is 20.9 Å². The highest BCUT2D eigenvalue weighted by molar-refractivity contribution is 7.99. The molecule has 32 heavy (non-hydrogen) atoms. The molecule has 5 rings (SSSR count). The van der Waals surface area contributed by atoms with Crippen molar-refractivity contribution in [3.8, 4) is 11.3 Å². The van der Waals surface area contributed by atoms with E-state index in [2.05, 4.69) is 61.3 Å². The van der Waals surface area contributed by atoms with Crippen LogP contribution in [-0.4, -0.2) is 49.4 Å². The molecule has 0 atom stereocenters. The summed E-state index contributed by atoms with van der Waals surface area (Å²) in [6.45, 7) is 7.89. The lowest BCUT2D eigenvalue weighted by molar-refractivity contribution is 0.516. The Balaban J connectivity index is 1.54. The van der Waals surface area contributed by atoms with Crippen molar-refractivity contribution in [2.75, 3.05) is 30.7 Å². The minimum atomic E-state index is 0.401. The molecule has 1 aliphatic heterocycles. The van der Waals surface area contributed by atoms with E-state index < -0.39 is 0 Å². The van der Waals surface area contributed by atoms with Crippen LogP contribution in [-0.2, 0) is 13.0 Å². The Bertz CT molecular complexity index is 1230. The number of nitrogens with one attached hydrogen (secondary N) is 3. The van der Waals surface area contributed by atoms with Crippen molar-refractivity contribution in [3.05, 3.63) is 36.3 Å². The van der Waals surface area contributed by atoms with Gasteiger partial charge in [0.05, 0.1) is 5.69 Å². The van der Waals surface area contributed by atoms with E-state index in [1.54, 1.807) is 18.0 Å². The zero-order valence-electron chi connectivity index (χ0n) is 18.2. The fourth-order valence-electron chi connectivity index (χ4n) is 3.92. The smallest absolute Gasteiger partial charge is 0.175 e. The number of hydrogen-bond donors (Lipinski definition) is 4. The summed E-state index contributed by atoms with van der Waals surface area (Å²) in [7, 11) is 0. The Kier molecular flexibility index (Phi) is 5.71. The van der Waals surface area contributed by atoms with Crippen molar-refractivity contribution >= 4 is 34.4 Å². The number of H-pyrrole nitrogens is 1. The largest absolute Gasteiger partial charge is 0.384 e. The summed E-state index contributed by atoms with van der Waals surface area (Å²) < 4.78 is 2.13. The van der Waals surface area contributed by atoms with Gasteiger partial charge in [-0.2, -0.15) is 5.10 Å². The summed E-state index contributed by atoms with van der Waals surface area (Å²) in [5.74, 6) is 0.996. The van der Waals surface area contributed by atoms with E-state index in [0.29, 0.717) is 17.3 Å². The van der Waals surface area contributed by atoms with E-state index in [4.69, 9.17) is 10.7 Å². The van der Waals surface area contributed by atoms with Crippen LogP contribution in [0.3, 0.4) is 0 Å². The first-order valence-corrected chi connectivity index (χ1v) is 11.7. The summed E-state index contributed by atoms with van der Waals surface area (Å²) in [6, 6.07) is 6.44. The fourth-order valence-corrected chi connectivity index (χ4v) is 5.02. The van der Waals surface area contributed by atoms with Crippen LogP contribution in [0.5, 0.6) is 0 Å². The van der Waals surface area contributed by atoms with Gasteiger partial charge in [-0.05, 0) is 42.6 Å². The van der Waals surface area contributed by atoms with E-state index in [-0.39, 0.29) is 0 Å². The van der Waals surface area contributed by atoms with Gasteiger partial charge in [0.15, 0.2) is 22.1 Å². The van der Waals surface area contributed by atoms with Crippen molar-refractivity contribution in [1.82, 2.24) is 35.0 Å². The summed E-state index contributed by atoms with van der Waals surface area (Å²) in [5, 5.41) is 15.1. The summed E-state index contributed by atoms with van der Waals surface area (Å²) in [6.07, 6.45) is 4.29. The molecule has 10 heteroatoms. The second kappa shape index (κ2) is 8.79. The van der Waals surface area contributed by atoms with Gasteiger partial charge in [-0.15, -0.1) is 0 Å². The Morgan fingerprint density at radius 1 is 1.28 bits per heavy atom. The molecule has 0 saturated heterocycles. The summed E-state index contributed by atoms with van der Waals surface area (Å²) >= 11 is 1.63. The lowest BCUT2D eigenvalue weighted by atomic mass is 10.1. The molecule has 166 valence electrons. The molecule has 1 aliphatic rings. The van der Waals surface area contributed by atoms with Gasteiger partial charge >= 0.3 is 0 Å². The van der Waals surface area contributed by atoms with E-state index >= 15 is 0 Å². The number of imidazole rings is 1. The number of benzene rings is 1. The highest BCUT2D eigenvalue weighted by Crippen LogP contribution is 2.40. The van der Waals surface area contributed by atoms with Gasteiger partial charge in [0, 0.05) is 42.0 Å². The second-order valence-electron chi connectivity index (χ2n) is 8.33. The number of aromatic amines is 1. The average Bonchev–Trinajstić information content (AvgIpc) is 3.51. The Hall–Kier alpha value is -3.11. The number of nitrogens with zero attached hydrogens (tertiary/aromatic N) is 5. The molecule has 0 spiro atoms. The molecule has 1 aromatic carbocycles. The first kappa shape index (κ1) is 20.8. The molecule has 3 aromatic heterocycles. The molecule has 5 N–H and O–H groups in total. The van der Waals surface area contributed by atoms with Crippen LogP contribution in [0.15, 0.2) is 40.8 Å². The number of fused-ring (bicyclic) bond motifs is 2. The monoisotopic (exact) mass is 449 g/mol. The van der Waals surface area contributed by atoms with Gasteiger partial charge in [-0.3, -0.25) is 5.10 Å². The first-order valence-electron chi connectivity index (χ1n) is 10.9. The van der Waals surface area contributed by atoms with E-state index in [1.165, 1.54) is 17.6 Å². The van der Waals surface area contributed by atoms with Gasteiger partial charge in [0.2, 0.25) is 0 Å². The normalized spacial score (nSPS) is 13.1.